The lowest BCUT2D eigenvalue weighted by Crippen LogP contribution is -2.50. The SMILES string of the molecule is CC(C)(C)OC(=O)N1CCN(C(=S)SCc2cn(CCOc3ccc4ccc(=O)oc4c3)nn2)CC1. The molecular formula is C24H29N5O5S2. The Morgan fingerprint density at radius 3 is 2.61 bits per heavy atom. The van der Waals surface area contributed by atoms with E-state index in [1.165, 1.54) is 17.8 Å². The molecule has 36 heavy (non-hydrogen) atoms. The van der Waals surface area contributed by atoms with Crippen molar-refractivity contribution in [1.82, 2.24) is 24.8 Å². The number of rotatable bonds is 6. The molecule has 4 rings (SSSR count). The van der Waals surface area contributed by atoms with E-state index in [1.807, 2.05) is 39.1 Å². The lowest BCUT2D eigenvalue weighted by Gasteiger charge is -2.36. The molecular weight excluding hydrogens is 502 g/mol. The van der Waals surface area contributed by atoms with E-state index in [2.05, 4.69) is 15.2 Å². The quantitative estimate of drug-likeness (QED) is 0.347. The zero-order chi connectivity index (χ0) is 25.7. The first-order valence-electron chi connectivity index (χ1n) is 11.6. The lowest BCUT2D eigenvalue weighted by molar-refractivity contribution is 0.0189. The highest BCUT2D eigenvalue weighted by Crippen LogP contribution is 2.20. The smallest absolute Gasteiger partial charge is 0.410 e. The summed E-state index contributed by atoms with van der Waals surface area (Å²) in [7, 11) is 0. The van der Waals surface area contributed by atoms with Crippen molar-refractivity contribution in [3.05, 3.63) is 52.6 Å². The molecule has 0 N–H and O–H groups in total. The first kappa shape index (κ1) is 26.0. The Morgan fingerprint density at radius 2 is 1.86 bits per heavy atom. The third-order valence-electron chi connectivity index (χ3n) is 5.30. The molecule has 10 nitrogen and oxygen atoms in total. The Kier molecular flexibility index (Phi) is 8.14. The number of amides is 1. The van der Waals surface area contributed by atoms with Crippen LogP contribution in [0.4, 0.5) is 4.79 Å². The molecule has 1 aromatic carbocycles. The summed E-state index contributed by atoms with van der Waals surface area (Å²) < 4.78 is 18.9. The molecule has 3 heterocycles. The fourth-order valence-electron chi connectivity index (χ4n) is 3.53. The molecule has 0 atom stereocenters. The number of carbonyl (C=O) groups is 1. The summed E-state index contributed by atoms with van der Waals surface area (Å²) in [6, 6.07) is 8.49. The number of piperazine rings is 1. The fraction of sp³-hybridized carbons (Fsp3) is 0.458. The van der Waals surface area contributed by atoms with Gasteiger partial charge in [0, 0.05) is 55.6 Å². The molecule has 12 heteroatoms. The van der Waals surface area contributed by atoms with Crippen LogP contribution < -0.4 is 10.4 Å². The van der Waals surface area contributed by atoms with Crippen LogP contribution in [0.1, 0.15) is 26.5 Å². The van der Waals surface area contributed by atoms with Gasteiger partial charge in [-0.3, -0.25) is 0 Å². The highest BCUT2D eigenvalue weighted by atomic mass is 32.2. The van der Waals surface area contributed by atoms with Crippen LogP contribution in [0.15, 0.2) is 45.7 Å². The van der Waals surface area contributed by atoms with Gasteiger partial charge in [-0.25, -0.2) is 14.3 Å². The maximum Gasteiger partial charge on any atom is 0.410 e. The van der Waals surface area contributed by atoms with Gasteiger partial charge in [0.25, 0.3) is 0 Å². The van der Waals surface area contributed by atoms with E-state index in [0.29, 0.717) is 56.4 Å². The number of thioether (sulfide) groups is 1. The van der Waals surface area contributed by atoms with Crippen LogP contribution in [0.2, 0.25) is 0 Å². The van der Waals surface area contributed by atoms with Crippen LogP contribution in [0.3, 0.4) is 0 Å². The first-order chi connectivity index (χ1) is 17.2. The lowest BCUT2D eigenvalue weighted by atomic mass is 10.2. The fourth-order valence-corrected chi connectivity index (χ4v) is 4.65. The number of nitrogens with zero attached hydrogens (tertiary/aromatic N) is 5. The molecule has 0 unspecified atom stereocenters. The van der Waals surface area contributed by atoms with E-state index in [0.717, 1.165) is 15.4 Å². The second-order valence-electron chi connectivity index (χ2n) is 9.28. The van der Waals surface area contributed by atoms with E-state index in [9.17, 15) is 9.59 Å². The first-order valence-corrected chi connectivity index (χ1v) is 13.0. The van der Waals surface area contributed by atoms with Gasteiger partial charge in [-0.15, -0.1) is 5.10 Å². The number of benzene rings is 1. The van der Waals surface area contributed by atoms with Crippen LogP contribution in [0.5, 0.6) is 5.75 Å². The number of carbonyl (C=O) groups excluding carboxylic acids is 1. The average molecular weight is 532 g/mol. The number of thiocarbonyl (C=S) groups is 1. The molecule has 0 radical (unpaired) electrons. The van der Waals surface area contributed by atoms with E-state index < -0.39 is 11.2 Å². The minimum Gasteiger partial charge on any atom is -0.492 e. The second kappa shape index (κ2) is 11.3. The summed E-state index contributed by atoms with van der Waals surface area (Å²) in [4.78, 5) is 27.5. The summed E-state index contributed by atoms with van der Waals surface area (Å²) in [5.74, 6) is 1.22. The van der Waals surface area contributed by atoms with Crippen molar-refractivity contribution < 1.29 is 18.7 Å². The number of fused-ring (bicyclic) bond motifs is 1. The summed E-state index contributed by atoms with van der Waals surface area (Å²) in [6.45, 7) is 9.00. The predicted molar refractivity (Wildman–Crippen MR) is 141 cm³/mol. The Balaban J connectivity index is 1.18. The predicted octanol–water partition coefficient (Wildman–Crippen LogP) is 3.53. The van der Waals surface area contributed by atoms with Crippen LogP contribution in [-0.4, -0.2) is 73.6 Å². The molecule has 1 aliphatic heterocycles. The molecule has 0 saturated carbocycles. The van der Waals surface area contributed by atoms with Gasteiger partial charge in [-0.05, 0) is 39.0 Å². The van der Waals surface area contributed by atoms with Gasteiger partial charge in [0.1, 0.15) is 27.9 Å². The van der Waals surface area contributed by atoms with E-state index in [4.69, 9.17) is 26.1 Å². The largest absolute Gasteiger partial charge is 0.492 e. The Labute approximate surface area is 218 Å². The van der Waals surface area contributed by atoms with Crippen molar-refractivity contribution >= 4 is 45.4 Å². The summed E-state index contributed by atoms with van der Waals surface area (Å²) in [5.41, 5.74) is 0.415. The number of hydrogen-bond donors (Lipinski definition) is 0. The number of ether oxygens (including phenoxy) is 2. The van der Waals surface area contributed by atoms with Gasteiger partial charge in [0.15, 0.2) is 0 Å². The molecule has 3 aromatic rings. The Morgan fingerprint density at radius 1 is 1.14 bits per heavy atom. The minimum atomic E-state index is -0.502. The topological polar surface area (TPSA) is 103 Å². The maximum absolute atomic E-state index is 12.2. The summed E-state index contributed by atoms with van der Waals surface area (Å²) in [5, 5.41) is 9.21. The molecule has 192 valence electrons. The highest BCUT2D eigenvalue weighted by molar-refractivity contribution is 8.22. The van der Waals surface area contributed by atoms with Crippen molar-refractivity contribution in [3.63, 3.8) is 0 Å². The molecule has 0 spiro atoms. The molecule has 0 bridgehead atoms. The van der Waals surface area contributed by atoms with E-state index in [1.54, 1.807) is 21.7 Å². The van der Waals surface area contributed by atoms with Crippen LogP contribution >= 0.6 is 24.0 Å². The van der Waals surface area contributed by atoms with E-state index >= 15 is 0 Å². The normalized spacial score (nSPS) is 14.2. The summed E-state index contributed by atoms with van der Waals surface area (Å²) >= 11 is 7.12. The Bertz CT molecular complexity index is 1280. The van der Waals surface area contributed by atoms with Crippen LogP contribution in [0.25, 0.3) is 11.0 Å². The molecule has 1 amide bonds. The third-order valence-corrected chi connectivity index (χ3v) is 6.86. The summed E-state index contributed by atoms with van der Waals surface area (Å²) in [6.07, 6.45) is 1.59. The van der Waals surface area contributed by atoms with Crippen LogP contribution in [0, 0.1) is 0 Å². The molecule has 2 aromatic heterocycles. The molecule has 1 saturated heterocycles. The maximum atomic E-state index is 12.2. The monoisotopic (exact) mass is 531 g/mol. The zero-order valence-electron chi connectivity index (χ0n) is 20.5. The van der Waals surface area contributed by atoms with Crippen molar-refractivity contribution in [2.45, 2.75) is 38.7 Å². The second-order valence-corrected chi connectivity index (χ2v) is 10.9. The molecule has 0 aliphatic carbocycles. The van der Waals surface area contributed by atoms with Gasteiger partial charge in [-0.1, -0.05) is 29.2 Å². The van der Waals surface area contributed by atoms with Gasteiger partial charge in [0.2, 0.25) is 0 Å². The standard InChI is InChI=1S/C24H29N5O5S2/c1-24(2,3)34-22(31)27-8-10-28(11-9-27)23(35)36-16-18-15-29(26-25-18)12-13-32-19-6-4-17-5-7-21(30)33-20(17)14-19/h4-7,14-15H,8-13,16H2,1-3H3. The Hall–Kier alpha value is -3.12. The van der Waals surface area contributed by atoms with Crippen molar-refractivity contribution in [1.29, 1.82) is 0 Å². The van der Waals surface area contributed by atoms with Gasteiger partial charge in [-0.2, -0.15) is 0 Å². The minimum absolute atomic E-state index is 0.284. The number of hydrogen-bond acceptors (Lipinski definition) is 9. The average Bonchev–Trinajstić information content (AvgIpc) is 3.29. The van der Waals surface area contributed by atoms with Gasteiger partial charge in [0.05, 0.1) is 12.2 Å². The zero-order valence-corrected chi connectivity index (χ0v) is 22.1. The highest BCUT2D eigenvalue weighted by Gasteiger charge is 2.26. The van der Waals surface area contributed by atoms with Crippen LogP contribution in [-0.2, 0) is 17.0 Å². The van der Waals surface area contributed by atoms with Crippen molar-refractivity contribution in [3.8, 4) is 5.75 Å². The molecule has 1 fully saturated rings. The van der Waals surface area contributed by atoms with E-state index in [-0.39, 0.29) is 6.09 Å². The molecule has 1 aliphatic rings. The van der Waals surface area contributed by atoms with Crippen molar-refractivity contribution in [2.75, 3.05) is 32.8 Å². The number of aromatic nitrogens is 3. The third kappa shape index (κ3) is 7.20. The van der Waals surface area contributed by atoms with Crippen molar-refractivity contribution in [2.24, 2.45) is 0 Å². The van der Waals surface area contributed by atoms with Gasteiger partial charge < -0.3 is 23.7 Å². The van der Waals surface area contributed by atoms with Gasteiger partial charge >= 0.3 is 11.7 Å².